The molecule has 1 aromatic carbocycles. The van der Waals surface area contributed by atoms with E-state index in [0.29, 0.717) is 12.1 Å². The Labute approximate surface area is 134 Å². The molecule has 1 atom stereocenters. The van der Waals surface area contributed by atoms with Gasteiger partial charge in [0.15, 0.2) is 0 Å². The van der Waals surface area contributed by atoms with Crippen LogP contribution in [-0.2, 0) is 16.1 Å². The third-order valence-corrected chi connectivity index (χ3v) is 4.67. The molecule has 0 aliphatic rings. The number of nitrogens with one attached hydrogen (secondary N) is 1. The van der Waals surface area contributed by atoms with Gasteiger partial charge >= 0.3 is 5.97 Å². The first kappa shape index (κ1) is 15.7. The Morgan fingerprint density at radius 1 is 1.29 bits per heavy atom. The fourth-order valence-corrected chi connectivity index (χ4v) is 3.31. The minimum absolute atomic E-state index is 0.0636. The zero-order valence-electron chi connectivity index (χ0n) is 11.1. The summed E-state index contributed by atoms with van der Waals surface area (Å²) < 4.78 is 0.976. The number of rotatable bonds is 6. The van der Waals surface area contributed by atoms with Gasteiger partial charge in [-0.2, -0.15) is 0 Å². The van der Waals surface area contributed by atoms with Gasteiger partial charge in [0.1, 0.15) is 0 Å². The Morgan fingerprint density at radius 3 is 2.57 bits per heavy atom. The highest BCUT2D eigenvalue weighted by molar-refractivity contribution is 9.10. The lowest BCUT2D eigenvalue weighted by molar-refractivity contribution is -0.140. The largest absolute Gasteiger partial charge is 0.481 e. The summed E-state index contributed by atoms with van der Waals surface area (Å²) in [6, 6.07) is 10.7. The topological polar surface area (TPSA) is 66.4 Å². The second-order valence-electron chi connectivity index (χ2n) is 4.51. The quantitative estimate of drug-likeness (QED) is 0.822. The van der Waals surface area contributed by atoms with Crippen molar-refractivity contribution in [1.82, 2.24) is 5.32 Å². The van der Waals surface area contributed by atoms with Crippen LogP contribution in [0.15, 0.2) is 46.3 Å². The third-order valence-electron chi connectivity index (χ3n) is 2.97. The summed E-state index contributed by atoms with van der Waals surface area (Å²) >= 11 is 4.88. The number of aliphatic carboxylic acids is 1. The highest BCUT2D eigenvalue weighted by Gasteiger charge is 2.22. The molecule has 1 heterocycles. The van der Waals surface area contributed by atoms with Crippen molar-refractivity contribution in [1.29, 1.82) is 0 Å². The van der Waals surface area contributed by atoms with Crippen LogP contribution >= 0.6 is 27.3 Å². The number of carboxylic acid groups (broad SMARTS) is 1. The Balaban J connectivity index is 1.94. The van der Waals surface area contributed by atoms with E-state index in [0.717, 1.165) is 9.35 Å². The maximum atomic E-state index is 11.9. The van der Waals surface area contributed by atoms with Crippen LogP contribution in [0.3, 0.4) is 0 Å². The molecule has 0 radical (unpaired) electrons. The number of amides is 1. The van der Waals surface area contributed by atoms with Gasteiger partial charge in [-0.3, -0.25) is 9.59 Å². The number of hydrogen-bond acceptors (Lipinski definition) is 3. The van der Waals surface area contributed by atoms with Gasteiger partial charge in [0, 0.05) is 21.2 Å². The van der Waals surface area contributed by atoms with Crippen molar-refractivity contribution in [2.45, 2.75) is 18.9 Å². The van der Waals surface area contributed by atoms with Gasteiger partial charge in [0.2, 0.25) is 5.91 Å². The van der Waals surface area contributed by atoms with E-state index < -0.39 is 11.9 Å². The molecule has 2 rings (SSSR count). The molecule has 0 spiro atoms. The first-order chi connectivity index (χ1) is 10.1. The van der Waals surface area contributed by atoms with Gasteiger partial charge in [-0.25, -0.2) is 0 Å². The second kappa shape index (κ2) is 7.38. The normalized spacial score (nSPS) is 11.9. The van der Waals surface area contributed by atoms with Crippen LogP contribution in [0.25, 0.3) is 0 Å². The molecule has 0 aliphatic heterocycles. The number of carboxylic acids is 1. The minimum Gasteiger partial charge on any atom is -0.481 e. The van der Waals surface area contributed by atoms with E-state index in [9.17, 15) is 14.7 Å². The van der Waals surface area contributed by atoms with E-state index in [1.807, 2.05) is 17.5 Å². The van der Waals surface area contributed by atoms with Crippen LogP contribution in [0.1, 0.15) is 22.8 Å². The summed E-state index contributed by atoms with van der Waals surface area (Å²) in [7, 11) is 0. The van der Waals surface area contributed by atoms with E-state index in [4.69, 9.17) is 0 Å². The molecule has 0 fully saturated rings. The summed E-state index contributed by atoms with van der Waals surface area (Å²) in [5.74, 6) is -2.08. The van der Waals surface area contributed by atoms with Crippen molar-refractivity contribution < 1.29 is 14.7 Å². The molecule has 1 aromatic heterocycles. The van der Waals surface area contributed by atoms with Crippen molar-refractivity contribution in [2.75, 3.05) is 0 Å². The molecule has 1 unspecified atom stereocenters. The molecule has 2 aromatic rings. The van der Waals surface area contributed by atoms with Crippen molar-refractivity contribution in [3.8, 4) is 0 Å². The summed E-state index contributed by atoms with van der Waals surface area (Å²) in [6.45, 7) is 0.413. The van der Waals surface area contributed by atoms with Crippen molar-refractivity contribution in [3.63, 3.8) is 0 Å². The Hall–Kier alpha value is -1.66. The summed E-state index contributed by atoms with van der Waals surface area (Å²) in [6.07, 6.45) is -0.0636. The number of carbonyl (C=O) groups is 2. The van der Waals surface area contributed by atoms with Crippen molar-refractivity contribution >= 4 is 39.1 Å². The second-order valence-corrected chi connectivity index (χ2v) is 6.43. The van der Waals surface area contributed by atoms with E-state index in [1.54, 1.807) is 24.3 Å². The number of halogens is 1. The molecule has 4 nitrogen and oxygen atoms in total. The smallest absolute Gasteiger partial charge is 0.311 e. The highest BCUT2D eigenvalue weighted by atomic mass is 79.9. The molecular formula is C15H14BrNO3S. The predicted molar refractivity (Wildman–Crippen MR) is 85.3 cm³/mol. The van der Waals surface area contributed by atoms with Gasteiger partial charge in [-0.05, 0) is 27.6 Å². The van der Waals surface area contributed by atoms with Crippen molar-refractivity contribution in [3.05, 3.63) is 56.7 Å². The SMILES string of the molecule is O=C(CC(C(=O)O)c1ccccc1)NCc1cc(Br)cs1. The van der Waals surface area contributed by atoms with Crippen LogP contribution in [0.5, 0.6) is 0 Å². The van der Waals surface area contributed by atoms with Gasteiger partial charge in [0.05, 0.1) is 12.5 Å². The van der Waals surface area contributed by atoms with E-state index in [2.05, 4.69) is 21.2 Å². The fourth-order valence-electron chi connectivity index (χ4n) is 1.92. The summed E-state index contributed by atoms with van der Waals surface area (Å²) in [5, 5.41) is 14.0. The van der Waals surface area contributed by atoms with E-state index in [1.165, 1.54) is 11.3 Å². The summed E-state index contributed by atoms with van der Waals surface area (Å²) in [5.41, 5.74) is 0.638. The third kappa shape index (κ3) is 4.68. The Morgan fingerprint density at radius 2 is 2.00 bits per heavy atom. The molecule has 2 N–H and O–H groups in total. The standard InChI is InChI=1S/C15H14BrNO3S/c16-11-6-12(21-9-11)8-17-14(18)7-13(15(19)20)10-4-2-1-3-5-10/h1-6,9,13H,7-8H2,(H,17,18)(H,19,20). The van der Waals surface area contributed by atoms with E-state index in [-0.39, 0.29) is 12.3 Å². The molecule has 0 bridgehead atoms. The van der Waals surface area contributed by atoms with Crippen LogP contribution in [0.2, 0.25) is 0 Å². The average Bonchev–Trinajstić information content (AvgIpc) is 2.89. The molecule has 21 heavy (non-hydrogen) atoms. The van der Waals surface area contributed by atoms with Crippen LogP contribution in [0.4, 0.5) is 0 Å². The zero-order valence-corrected chi connectivity index (χ0v) is 13.5. The molecule has 6 heteroatoms. The predicted octanol–water partition coefficient (Wildman–Crippen LogP) is 3.39. The first-order valence-corrected chi connectivity index (χ1v) is 8.01. The zero-order chi connectivity index (χ0) is 15.2. The van der Waals surface area contributed by atoms with Crippen LogP contribution < -0.4 is 5.32 Å². The molecular weight excluding hydrogens is 354 g/mol. The van der Waals surface area contributed by atoms with Gasteiger partial charge in [0.25, 0.3) is 0 Å². The maximum absolute atomic E-state index is 11.9. The lowest BCUT2D eigenvalue weighted by Gasteiger charge is -2.12. The Kier molecular flexibility index (Phi) is 5.52. The highest BCUT2D eigenvalue weighted by Crippen LogP contribution is 2.21. The fraction of sp³-hybridized carbons (Fsp3) is 0.200. The van der Waals surface area contributed by atoms with Crippen LogP contribution in [0, 0.1) is 0 Å². The van der Waals surface area contributed by atoms with Gasteiger partial charge in [-0.1, -0.05) is 30.3 Å². The van der Waals surface area contributed by atoms with Crippen molar-refractivity contribution in [2.24, 2.45) is 0 Å². The maximum Gasteiger partial charge on any atom is 0.311 e. The monoisotopic (exact) mass is 367 g/mol. The lowest BCUT2D eigenvalue weighted by atomic mass is 9.95. The lowest BCUT2D eigenvalue weighted by Crippen LogP contribution is -2.26. The number of carbonyl (C=O) groups excluding carboxylic acids is 1. The minimum atomic E-state index is -0.991. The van der Waals surface area contributed by atoms with Crippen LogP contribution in [-0.4, -0.2) is 17.0 Å². The number of benzene rings is 1. The molecule has 110 valence electrons. The number of thiophene rings is 1. The van der Waals surface area contributed by atoms with Gasteiger partial charge < -0.3 is 10.4 Å². The number of hydrogen-bond donors (Lipinski definition) is 2. The Bertz CT molecular complexity index is 627. The molecule has 0 aliphatic carbocycles. The van der Waals surface area contributed by atoms with E-state index >= 15 is 0 Å². The van der Waals surface area contributed by atoms with Gasteiger partial charge in [-0.15, -0.1) is 11.3 Å². The summed E-state index contributed by atoms with van der Waals surface area (Å²) in [4.78, 5) is 24.3. The molecule has 1 amide bonds. The first-order valence-electron chi connectivity index (χ1n) is 6.33. The molecule has 0 saturated heterocycles. The molecule has 0 saturated carbocycles. The average molecular weight is 368 g/mol.